The van der Waals surface area contributed by atoms with Crippen LogP contribution in [0.3, 0.4) is 0 Å². The molecule has 0 aromatic heterocycles. The zero-order valence-corrected chi connectivity index (χ0v) is 10.9. The second kappa shape index (κ2) is 6.07. The minimum atomic E-state index is -2.37. The summed E-state index contributed by atoms with van der Waals surface area (Å²) in [7, 11) is -2.37. The molecule has 0 spiro atoms. The fourth-order valence-corrected chi connectivity index (χ4v) is 2.44. The third-order valence-electron chi connectivity index (χ3n) is 2.08. The Morgan fingerprint density at radius 2 is 1.33 bits per heavy atom. The zero-order valence-electron chi connectivity index (χ0n) is 9.22. The molecule has 18 heavy (non-hydrogen) atoms. The highest BCUT2D eigenvalue weighted by molar-refractivity contribution is 7.99. The summed E-state index contributed by atoms with van der Waals surface area (Å²) in [6, 6.07) is 13.9. The fourth-order valence-electron chi connectivity index (χ4n) is 1.31. The molecule has 6 heteroatoms. The number of hydrogen-bond acceptors (Lipinski definition) is 5. The lowest BCUT2D eigenvalue weighted by Crippen LogP contribution is -1.84. The van der Waals surface area contributed by atoms with Gasteiger partial charge in [-0.3, -0.25) is 0 Å². The largest absolute Gasteiger partial charge is 0.508 e. The molecule has 2 rings (SSSR count). The SMILES string of the molecule is Oc1ccc(Sc2ccc(OP(O)O)cc2)cc1. The summed E-state index contributed by atoms with van der Waals surface area (Å²) in [5.74, 6) is 0.656. The summed E-state index contributed by atoms with van der Waals surface area (Å²) >= 11 is 1.54. The predicted molar refractivity (Wildman–Crippen MR) is 70.7 cm³/mol. The van der Waals surface area contributed by atoms with Gasteiger partial charge < -0.3 is 19.4 Å². The summed E-state index contributed by atoms with van der Waals surface area (Å²) < 4.78 is 4.77. The average molecular weight is 282 g/mol. The molecule has 0 heterocycles. The molecule has 3 N–H and O–H groups in total. The van der Waals surface area contributed by atoms with Gasteiger partial charge in [0.05, 0.1) is 0 Å². The minimum Gasteiger partial charge on any atom is -0.508 e. The van der Waals surface area contributed by atoms with Crippen LogP contribution in [0, 0.1) is 0 Å². The first kappa shape index (κ1) is 13.2. The number of hydrogen-bond donors (Lipinski definition) is 3. The standard InChI is InChI=1S/C12H11O4PS/c13-9-1-5-11(6-2-9)18-12-7-3-10(4-8-12)16-17(14)15/h1-8,13-15H. The number of phenols is 1. The van der Waals surface area contributed by atoms with Crippen molar-refractivity contribution in [2.24, 2.45) is 0 Å². The molecule has 0 saturated carbocycles. The van der Waals surface area contributed by atoms with Crippen molar-refractivity contribution in [3.8, 4) is 11.5 Å². The van der Waals surface area contributed by atoms with Crippen LogP contribution in [-0.4, -0.2) is 14.9 Å². The summed E-state index contributed by atoms with van der Waals surface area (Å²) in [6.07, 6.45) is 0. The number of phenolic OH excluding ortho intramolecular Hbond substituents is 1. The van der Waals surface area contributed by atoms with Crippen molar-refractivity contribution in [1.29, 1.82) is 0 Å². The second-order valence-electron chi connectivity index (χ2n) is 3.41. The van der Waals surface area contributed by atoms with Gasteiger partial charge in [0.25, 0.3) is 0 Å². The van der Waals surface area contributed by atoms with Crippen molar-refractivity contribution in [2.75, 3.05) is 0 Å². The fraction of sp³-hybridized carbons (Fsp3) is 0. The second-order valence-corrected chi connectivity index (χ2v) is 5.25. The zero-order chi connectivity index (χ0) is 13.0. The van der Waals surface area contributed by atoms with Crippen LogP contribution in [0.25, 0.3) is 0 Å². The highest BCUT2D eigenvalue weighted by atomic mass is 32.2. The van der Waals surface area contributed by atoms with Crippen molar-refractivity contribution in [3.05, 3.63) is 48.5 Å². The van der Waals surface area contributed by atoms with Crippen LogP contribution in [0.15, 0.2) is 58.3 Å². The molecular weight excluding hydrogens is 271 g/mol. The van der Waals surface area contributed by atoms with Crippen LogP contribution in [0.5, 0.6) is 11.5 Å². The van der Waals surface area contributed by atoms with Crippen LogP contribution in [0.4, 0.5) is 0 Å². The Balaban J connectivity index is 2.04. The molecule has 2 aromatic rings. The van der Waals surface area contributed by atoms with E-state index in [0.717, 1.165) is 9.79 Å². The molecule has 0 atom stereocenters. The van der Waals surface area contributed by atoms with E-state index >= 15 is 0 Å². The van der Waals surface area contributed by atoms with E-state index in [1.807, 2.05) is 24.3 Å². The van der Waals surface area contributed by atoms with Crippen LogP contribution in [0.1, 0.15) is 0 Å². The first-order valence-corrected chi connectivity index (χ1v) is 7.04. The van der Waals surface area contributed by atoms with Crippen LogP contribution < -0.4 is 4.52 Å². The first-order chi connectivity index (χ1) is 8.63. The average Bonchev–Trinajstić information content (AvgIpc) is 2.34. The van der Waals surface area contributed by atoms with E-state index in [9.17, 15) is 5.11 Å². The lowest BCUT2D eigenvalue weighted by atomic mass is 10.3. The Morgan fingerprint density at radius 3 is 1.83 bits per heavy atom. The van der Waals surface area contributed by atoms with E-state index < -0.39 is 8.60 Å². The van der Waals surface area contributed by atoms with Crippen molar-refractivity contribution >= 4 is 20.4 Å². The van der Waals surface area contributed by atoms with Gasteiger partial charge in [0.15, 0.2) is 0 Å². The lowest BCUT2D eigenvalue weighted by Gasteiger charge is -2.06. The van der Waals surface area contributed by atoms with E-state index in [2.05, 4.69) is 0 Å². The van der Waals surface area contributed by atoms with Crippen LogP contribution in [0.2, 0.25) is 0 Å². The maximum absolute atomic E-state index is 9.17. The molecule has 2 aromatic carbocycles. The molecule has 0 fully saturated rings. The number of rotatable bonds is 4. The van der Waals surface area contributed by atoms with Gasteiger partial charge in [0.2, 0.25) is 0 Å². The summed E-state index contributed by atoms with van der Waals surface area (Å²) in [4.78, 5) is 19.4. The number of aromatic hydroxyl groups is 1. The Bertz CT molecular complexity index is 498. The molecular formula is C12H11O4PS. The van der Waals surface area contributed by atoms with E-state index in [0.29, 0.717) is 5.75 Å². The summed E-state index contributed by atoms with van der Waals surface area (Å²) in [6.45, 7) is 0. The van der Waals surface area contributed by atoms with Gasteiger partial charge >= 0.3 is 8.60 Å². The molecule has 0 aliphatic carbocycles. The molecule has 0 aliphatic rings. The van der Waals surface area contributed by atoms with E-state index in [1.165, 1.54) is 11.8 Å². The van der Waals surface area contributed by atoms with Gasteiger partial charge in [0, 0.05) is 9.79 Å². The molecule has 0 unspecified atom stereocenters. The maximum Gasteiger partial charge on any atom is 0.391 e. The molecule has 0 amide bonds. The minimum absolute atomic E-state index is 0.238. The Labute approximate surface area is 110 Å². The molecule has 4 nitrogen and oxygen atoms in total. The first-order valence-electron chi connectivity index (χ1n) is 5.06. The number of benzene rings is 2. The molecule has 0 saturated heterocycles. The Hall–Kier alpha value is -1.26. The monoisotopic (exact) mass is 282 g/mol. The van der Waals surface area contributed by atoms with E-state index in [4.69, 9.17) is 14.3 Å². The Morgan fingerprint density at radius 1 is 0.833 bits per heavy atom. The predicted octanol–water partition coefficient (Wildman–Crippen LogP) is 3.13. The van der Waals surface area contributed by atoms with Crippen LogP contribution >= 0.6 is 20.4 Å². The maximum atomic E-state index is 9.17. The molecule has 94 valence electrons. The Kier molecular flexibility index (Phi) is 4.44. The van der Waals surface area contributed by atoms with E-state index in [1.54, 1.807) is 24.3 Å². The van der Waals surface area contributed by atoms with Crippen LogP contribution in [-0.2, 0) is 0 Å². The van der Waals surface area contributed by atoms with Gasteiger partial charge in [-0.1, -0.05) is 11.8 Å². The smallest absolute Gasteiger partial charge is 0.391 e. The van der Waals surface area contributed by atoms with Gasteiger partial charge in [-0.05, 0) is 48.5 Å². The highest BCUT2D eigenvalue weighted by Crippen LogP contribution is 2.33. The molecule has 0 bridgehead atoms. The molecule has 0 aliphatic heterocycles. The van der Waals surface area contributed by atoms with Crippen molar-refractivity contribution < 1.29 is 19.4 Å². The van der Waals surface area contributed by atoms with Gasteiger partial charge in [0.1, 0.15) is 11.5 Å². The normalized spacial score (nSPS) is 10.6. The topological polar surface area (TPSA) is 69.9 Å². The summed E-state index contributed by atoms with van der Waals surface area (Å²) in [5.41, 5.74) is 0. The van der Waals surface area contributed by atoms with E-state index in [-0.39, 0.29) is 5.75 Å². The van der Waals surface area contributed by atoms with Crippen molar-refractivity contribution in [2.45, 2.75) is 9.79 Å². The van der Waals surface area contributed by atoms with Gasteiger partial charge in [-0.15, -0.1) is 0 Å². The van der Waals surface area contributed by atoms with Crippen molar-refractivity contribution in [3.63, 3.8) is 0 Å². The van der Waals surface area contributed by atoms with Crippen molar-refractivity contribution in [1.82, 2.24) is 0 Å². The third-order valence-corrected chi connectivity index (χ3v) is 3.47. The quantitative estimate of drug-likeness (QED) is 0.752. The lowest BCUT2D eigenvalue weighted by molar-refractivity contribution is 0.375. The van der Waals surface area contributed by atoms with Gasteiger partial charge in [-0.25, -0.2) is 0 Å². The molecule has 0 radical (unpaired) electrons. The third kappa shape index (κ3) is 3.89. The summed E-state index contributed by atoms with van der Waals surface area (Å²) in [5, 5.41) is 9.17. The highest BCUT2D eigenvalue weighted by Gasteiger charge is 2.03. The van der Waals surface area contributed by atoms with Gasteiger partial charge in [-0.2, -0.15) is 0 Å².